The summed E-state index contributed by atoms with van der Waals surface area (Å²) in [6.07, 6.45) is 1.62. The molecule has 11 nitrogen and oxygen atoms in total. The molecule has 0 atom stereocenters. The van der Waals surface area contributed by atoms with Crippen molar-refractivity contribution in [3.8, 4) is 11.5 Å². The maximum absolute atomic E-state index is 12.3. The summed E-state index contributed by atoms with van der Waals surface area (Å²) in [4.78, 5) is 25.1. The minimum Gasteiger partial charge on any atom is -0.493 e. The number of H-pyrrole nitrogens is 1. The van der Waals surface area contributed by atoms with Crippen LogP contribution in [0, 0.1) is 10.1 Å². The molecule has 3 aromatic rings. The number of hydrogen-bond donors (Lipinski definition) is 2. The van der Waals surface area contributed by atoms with E-state index in [2.05, 4.69) is 25.7 Å². The van der Waals surface area contributed by atoms with Crippen molar-refractivity contribution in [1.82, 2.24) is 15.2 Å². The van der Waals surface area contributed by atoms with Gasteiger partial charge in [0, 0.05) is 24.1 Å². The van der Waals surface area contributed by atoms with E-state index in [1.807, 2.05) is 0 Å². The second kappa shape index (κ2) is 9.28. The topological polar surface area (TPSA) is 145 Å². The molecule has 154 valence electrons. The highest BCUT2D eigenvalue weighted by Gasteiger charge is 2.09. The molecule has 30 heavy (non-hydrogen) atoms. The highest BCUT2D eigenvalue weighted by Crippen LogP contribution is 2.28. The van der Waals surface area contributed by atoms with Crippen LogP contribution in [0.4, 0.5) is 11.6 Å². The molecule has 0 aliphatic heterocycles. The molecule has 0 amide bonds. The van der Waals surface area contributed by atoms with E-state index < -0.39 is 10.5 Å². The van der Waals surface area contributed by atoms with Gasteiger partial charge in [-0.15, -0.1) is 10.2 Å². The Morgan fingerprint density at radius 1 is 1.17 bits per heavy atom. The second-order valence-electron chi connectivity index (χ2n) is 6.04. The minimum atomic E-state index is -0.495. The Hall–Kier alpha value is -4.28. The predicted molar refractivity (Wildman–Crippen MR) is 109 cm³/mol. The molecule has 1 aromatic heterocycles. The fourth-order valence-electron chi connectivity index (χ4n) is 2.60. The Labute approximate surface area is 170 Å². The van der Waals surface area contributed by atoms with Crippen LogP contribution in [0.2, 0.25) is 0 Å². The Balaban J connectivity index is 1.69. The number of anilines is 1. The molecule has 0 aliphatic carbocycles. The number of methoxy groups -OCH3 is 2. The molecule has 2 N–H and O–H groups in total. The van der Waals surface area contributed by atoms with Crippen molar-refractivity contribution in [3.05, 3.63) is 79.8 Å². The molecule has 0 fully saturated rings. The van der Waals surface area contributed by atoms with Crippen LogP contribution >= 0.6 is 0 Å². The maximum Gasteiger partial charge on any atom is 0.274 e. The van der Waals surface area contributed by atoms with Crippen LogP contribution in [0.3, 0.4) is 0 Å². The van der Waals surface area contributed by atoms with Gasteiger partial charge >= 0.3 is 0 Å². The van der Waals surface area contributed by atoms with Gasteiger partial charge in [-0.2, -0.15) is 5.10 Å². The van der Waals surface area contributed by atoms with Gasteiger partial charge < -0.3 is 9.47 Å². The molecule has 0 aliphatic rings. The number of nitrogens with zero attached hydrogens (tertiary/aromatic N) is 4. The summed E-state index contributed by atoms with van der Waals surface area (Å²) >= 11 is 0. The van der Waals surface area contributed by atoms with Crippen molar-refractivity contribution in [3.63, 3.8) is 0 Å². The van der Waals surface area contributed by atoms with E-state index in [0.717, 1.165) is 5.56 Å². The SMILES string of the molecule is COc1ccc(Cc2nnc(N/N=C/c3cccc([N+](=O)[O-])c3)[nH]c2=O)cc1OC. The first-order valence-electron chi connectivity index (χ1n) is 8.70. The van der Waals surface area contributed by atoms with Gasteiger partial charge in [0.1, 0.15) is 5.69 Å². The summed E-state index contributed by atoms with van der Waals surface area (Å²) in [5.74, 6) is 1.17. The number of hydrogen-bond acceptors (Lipinski definition) is 9. The van der Waals surface area contributed by atoms with Crippen LogP contribution in [0.5, 0.6) is 11.5 Å². The summed E-state index contributed by atoms with van der Waals surface area (Å²) in [7, 11) is 3.07. The lowest BCUT2D eigenvalue weighted by molar-refractivity contribution is -0.384. The van der Waals surface area contributed by atoms with Gasteiger partial charge in [0.05, 0.1) is 25.4 Å². The molecule has 0 unspecified atom stereocenters. The quantitative estimate of drug-likeness (QED) is 0.326. The van der Waals surface area contributed by atoms with E-state index in [-0.39, 0.29) is 23.8 Å². The zero-order valence-corrected chi connectivity index (χ0v) is 16.2. The van der Waals surface area contributed by atoms with E-state index in [0.29, 0.717) is 17.1 Å². The van der Waals surface area contributed by atoms with Gasteiger partial charge in [0.2, 0.25) is 5.95 Å². The van der Waals surface area contributed by atoms with Crippen molar-refractivity contribution in [1.29, 1.82) is 0 Å². The lowest BCUT2D eigenvalue weighted by Crippen LogP contribution is -2.18. The number of aromatic amines is 1. The second-order valence-corrected chi connectivity index (χ2v) is 6.04. The first-order chi connectivity index (χ1) is 14.5. The van der Waals surface area contributed by atoms with E-state index in [4.69, 9.17) is 9.47 Å². The number of benzene rings is 2. The third-order valence-electron chi connectivity index (χ3n) is 4.05. The van der Waals surface area contributed by atoms with Crippen molar-refractivity contribution in [2.45, 2.75) is 6.42 Å². The number of nitrogens with one attached hydrogen (secondary N) is 2. The summed E-state index contributed by atoms with van der Waals surface area (Å²) < 4.78 is 10.4. The zero-order valence-electron chi connectivity index (χ0n) is 16.2. The Morgan fingerprint density at radius 2 is 1.97 bits per heavy atom. The van der Waals surface area contributed by atoms with Gasteiger partial charge in [0.15, 0.2) is 11.5 Å². The molecule has 1 heterocycles. The zero-order chi connectivity index (χ0) is 21.5. The Bertz CT molecular complexity index is 1140. The van der Waals surface area contributed by atoms with Crippen LogP contribution in [-0.2, 0) is 6.42 Å². The lowest BCUT2D eigenvalue weighted by Gasteiger charge is -2.09. The summed E-state index contributed by atoms with van der Waals surface area (Å²) in [6, 6.07) is 11.3. The van der Waals surface area contributed by atoms with Crippen molar-refractivity contribution >= 4 is 17.9 Å². The van der Waals surface area contributed by atoms with Gasteiger partial charge in [-0.25, -0.2) is 5.43 Å². The van der Waals surface area contributed by atoms with Crippen LogP contribution in [-0.4, -0.2) is 40.5 Å². The van der Waals surface area contributed by atoms with Gasteiger partial charge in [-0.1, -0.05) is 18.2 Å². The number of non-ortho nitro benzene ring substituents is 1. The Morgan fingerprint density at radius 3 is 2.67 bits per heavy atom. The molecule has 2 aromatic carbocycles. The van der Waals surface area contributed by atoms with Crippen LogP contribution < -0.4 is 20.5 Å². The highest BCUT2D eigenvalue weighted by molar-refractivity contribution is 5.81. The first kappa shape index (κ1) is 20.5. The third kappa shape index (κ3) is 4.95. The van der Waals surface area contributed by atoms with Gasteiger partial charge in [0.25, 0.3) is 11.2 Å². The normalized spacial score (nSPS) is 10.7. The molecule has 0 radical (unpaired) electrons. The van der Waals surface area contributed by atoms with E-state index >= 15 is 0 Å². The summed E-state index contributed by atoms with van der Waals surface area (Å²) in [6.45, 7) is 0. The molecule has 0 spiro atoms. The van der Waals surface area contributed by atoms with Crippen molar-refractivity contribution in [2.24, 2.45) is 5.10 Å². The maximum atomic E-state index is 12.3. The van der Waals surface area contributed by atoms with Crippen LogP contribution in [0.15, 0.2) is 52.4 Å². The lowest BCUT2D eigenvalue weighted by atomic mass is 10.1. The molecule has 0 bridgehead atoms. The number of nitro benzene ring substituents is 1. The van der Waals surface area contributed by atoms with Gasteiger partial charge in [-0.3, -0.25) is 19.9 Å². The van der Waals surface area contributed by atoms with E-state index in [1.165, 1.54) is 25.5 Å². The third-order valence-corrected chi connectivity index (χ3v) is 4.05. The van der Waals surface area contributed by atoms with Gasteiger partial charge in [-0.05, 0) is 17.7 Å². The number of nitro groups is 1. The predicted octanol–water partition coefficient (Wildman–Crippen LogP) is 2.13. The standard InChI is InChI=1S/C19H18N6O5/c1-29-16-7-6-12(10-17(16)30-2)9-15-18(26)21-19(24-22-15)23-20-11-13-4-3-5-14(8-13)25(27)28/h3-8,10-11H,9H2,1-2H3,(H2,21,23,24,26)/b20-11+. The van der Waals surface area contributed by atoms with Crippen molar-refractivity contribution in [2.75, 3.05) is 19.6 Å². The largest absolute Gasteiger partial charge is 0.493 e. The minimum absolute atomic E-state index is 0.0396. The Kier molecular flexibility index (Phi) is 6.33. The number of hydrazone groups is 1. The molecule has 0 saturated heterocycles. The molecule has 11 heteroatoms. The van der Waals surface area contributed by atoms with Crippen LogP contribution in [0.25, 0.3) is 0 Å². The molecular weight excluding hydrogens is 392 g/mol. The monoisotopic (exact) mass is 410 g/mol. The molecule has 3 rings (SSSR count). The highest BCUT2D eigenvalue weighted by atomic mass is 16.6. The number of rotatable bonds is 8. The first-order valence-corrected chi connectivity index (χ1v) is 8.70. The smallest absolute Gasteiger partial charge is 0.274 e. The summed E-state index contributed by atoms with van der Waals surface area (Å²) in [5.41, 5.74) is 3.60. The fraction of sp³-hybridized carbons (Fsp3) is 0.158. The van der Waals surface area contributed by atoms with Crippen LogP contribution in [0.1, 0.15) is 16.8 Å². The average Bonchev–Trinajstić information content (AvgIpc) is 2.75. The fourth-order valence-corrected chi connectivity index (χ4v) is 2.60. The molecule has 0 saturated carbocycles. The van der Waals surface area contributed by atoms with E-state index in [9.17, 15) is 14.9 Å². The summed E-state index contributed by atoms with van der Waals surface area (Å²) in [5, 5.41) is 22.5. The van der Waals surface area contributed by atoms with E-state index in [1.54, 1.807) is 37.4 Å². The number of ether oxygens (including phenoxy) is 2. The molecular formula is C19H18N6O5. The average molecular weight is 410 g/mol. The number of aromatic nitrogens is 3. The van der Waals surface area contributed by atoms with Crippen molar-refractivity contribution < 1.29 is 14.4 Å².